The molecule has 2 heteroatoms. The maximum Gasteiger partial charge on any atom is 0.143 e. The van der Waals surface area contributed by atoms with Crippen molar-refractivity contribution >= 4 is 59.4 Å². The first-order valence-electron chi connectivity index (χ1n) is 9.32. The van der Waals surface area contributed by atoms with E-state index in [1.165, 1.54) is 21.7 Å². The first kappa shape index (κ1) is 15.9. The Labute approximate surface area is 170 Å². The van der Waals surface area contributed by atoms with Gasteiger partial charge in [-0.05, 0) is 33.9 Å². The van der Waals surface area contributed by atoms with Crippen LogP contribution in [0.15, 0.2) is 99.9 Å². The minimum atomic E-state index is 0.946. The molecule has 0 fully saturated rings. The molecule has 0 aliphatic heterocycles. The van der Waals surface area contributed by atoms with Gasteiger partial charge in [-0.2, -0.15) is 0 Å². The van der Waals surface area contributed by atoms with Gasteiger partial charge in [0.15, 0.2) is 0 Å². The van der Waals surface area contributed by atoms with E-state index in [-0.39, 0.29) is 0 Å². The summed E-state index contributed by atoms with van der Waals surface area (Å²) in [6.07, 6.45) is 0. The number of halogens is 1. The van der Waals surface area contributed by atoms with Crippen LogP contribution >= 0.6 is 15.9 Å². The van der Waals surface area contributed by atoms with Crippen molar-refractivity contribution in [1.29, 1.82) is 0 Å². The number of fused-ring (bicyclic) bond motifs is 6. The van der Waals surface area contributed by atoms with Crippen molar-refractivity contribution in [3.05, 3.63) is 95.5 Å². The molecule has 0 atom stereocenters. The molecule has 0 aliphatic carbocycles. The van der Waals surface area contributed by atoms with Crippen LogP contribution in [0.5, 0.6) is 0 Å². The molecule has 0 saturated heterocycles. The highest BCUT2D eigenvalue weighted by atomic mass is 79.9. The number of hydrogen-bond donors (Lipinski definition) is 0. The van der Waals surface area contributed by atoms with Crippen molar-refractivity contribution in [2.75, 3.05) is 0 Å². The van der Waals surface area contributed by atoms with Gasteiger partial charge in [0.05, 0.1) is 0 Å². The first-order chi connectivity index (χ1) is 13.8. The summed E-state index contributed by atoms with van der Waals surface area (Å²) < 4.78 is 7.62. The third kappa shape index (κ3) is 2.18. The number of hydrogen-bond acceptors (Lipinski definition) is 1. The Balaban J connectivity index is 1.76. The van der Waals surface area contributed by atoms with E-state index in [0.717, 1.165) is 37.4 Å². The third-order valence-corrected chi connectivity index (χ3v) is 6.24. The quantitative estimate of drug-likeness (QED) is 0.259. The van der Waals surface area contributed by atoms with Gasteiger partial charge in [0.2, 0.25) is 0 Å². The Morgan fingerprint density at radius 2 is 1.18 bits per heavy atom. The fourth-order valence-corrected chi connectivity index (χ4v) is 4.71. The van der Waals surface area contributed by atoms with Crippen LogP contribution in [0.2, 0.25) is 0 Å². The van der Waals surface area contributed by atoms with E-state index in [1.807, 2.05) is 0 Å². The molecule has 0 aliphatic rings. The maximum absolute atomic E-state index is 6.52. The number of para-hydroxylation sites is 1. The zero-order valence-electron chi connectivity index (χ0n) is 14.9. The van der Waals surface area contributed by atoms with Crippen molar-refractivity contribution < 1.29 is 4.42 Å². The Morgan fingerprint density at radius 1 is 0.464 bits per heavy atom. The minimum absolute atomic E-state index is 0.946. The van der Waals surface area contributed by atoms with Gasteiger partial charge in [-0.1, -0.05) is 94.8 Å². The zero-order valence-corrected chi connectivity index (χ0v) is 16.5. The van der Waals surface area contributed by atoms with Crippen LogP contribution in [0.4, 0.5) is 0 Å². The second-order valence-corrected chi connectivity index (χ2v) is 7.94. The summed E-state index contributed by atoms with van der Waals surface area (Å²) in [5, 5.41) is 7.10. The molecule has 5 aromatic carbocycles. The van der Waals surface area contributed by atoms with Gasteiger partial charge in [0.25, 0.3) is 0 Å². The highest BCUT2D eigenvalue weighted by molar-refractivity contribution is 9.10. The van der Waals surface area contributed by atoms with Gasteiger partial charge < -0.3 is 4.42 Å². The maximum atomic E-state index is 6.52. The zero-order chi connectivity index (χ0) is 18.7. The van der Waals surface area contributed by atoms with Gasteiger partial charge >= 0.3 is 0 Å². The Hall–Kier alpha value is -3.10. The SMILES string of the molecule is Brc1ccc(-c2cccc3c2oc2c4ccccc4ccc32)c2ccccc12. The second kappa shape index (κ2) is 5.95. The van der Waals surface area contributed by atoms with E-state index in [0.29, 0.717) is 0 Å². The van der Waals surface area contributed by atoms with Crippen molar-refractivity contribution in [1.82, 2.24) is 0 Å². The van der Waals surface area contributed by atoms with E-state index in [9.17, 15) is 0 Å². The standard InChI is InChI=1S/C26H15BrO/c27-24-15-14-19(18-8-3-4-9-20(18)24)21-10-5-11-22-23-13-12-16-6-1-2-7-17(16)25(23)28-26(21)22/h1-15H. The fraction of sp³-hybridized carbons (Fsp3) is 0. The molecule has 28 heavy (non-hydrogen) atoms. The van der Waals surface area contributed by atoms with E-state index in [2.05, 4.69) is 107 Å². The van der Waals surface area contributed by atoms with Gasteiger partial charge in [-0.15, -0.1) is 0 Å². The van der Waals surface area contributed by atoms with E-state index in [1.54, 1.807) is 0 Å². The van der Waals surface area contributed by atoms with Gasteiger partial charge in [0, 0.05) is 26.2 Å². The molecular weight excluding hydrogens is 408 g/mol. The summed E-state index contributed by atoms with van der Waals surface area (Å²) in [5.41, 5.74) is 4.22. The number of furan rings is 1. The summed E-state index contributed by atoms with van der Waals surface area (Å²) in [6.45, 7) is 0. The summed E-state index contributed by atoms with van der Waals surface area (Å²) >= 11 is 3.69. The van der Waals surface area contributed by atoms with Crippen molar-refractivity contribution in [3.8, 4) is 11.1 Å². The van der Waals surface area contributed by atoms with Gasteiger partial charge in [-0.3, -0.25) is 0 Å². The third-order valence-electron chi connectivity index (χ3n) is 5.55. The summed E-state index contributed by atoms with van der Waals surface area (Å²) in [7, 11) is 0. The molecule has 0 spiro atoms. The molecule has 1 aromatic heterocycles. The molecule has 0 amide bonds. The molecule has 6 aromatic rings. The molecule has 0 radical (unpaired) electrons. The van der Waals surface area contributed by atoms with E-state index < -0.39 is 0 Å². The van der Waals surface area contributed by atoms with E-state index >= 15 is 0 Å². The van der Waals surface area contributed by atoms with Crippen molar-refractivity contribution in [2.24, 2.45) is 0 Å². The van der Waals surface area contributed by atoms with Crippen LogP contribution in [0, 0.1) is 0 Å². The highest BCUT2D eigenvalue weighted by Gasteiger charge is 2.15. The molecule has 132 valence electrons. The van der Waals surface area contributed by atoms with Crippen LogP contribution in [0.3, 0.4) is 0 Å². The summed E-state index contributed by atoms with van der Waals surface area (Å²) in [5.74, 6) is 0. The van der Waals surface area contributed by atoms with Crippen LogP contribution in [-0.2, 0) is 0 Å². The summed E-state index contributed by atoms with van der Waals surface area (Å²) in [6, 6.07) is 32.0. The van der Waals surface area contributed by atoms with Crippen LogP contribution < -0.4 is 0 Å². The normalized spacial score (nSPS) is 11.8. The number of rotatable bonds is 1. The molecule has 1 nitrogen and oxygen atoms in total. The smallest absolute Gasteiger partial charge is 0.143 e. The lowest BCUT2D eigenvalue weighted by Gasteiger charge is -2.09. The molecular formula is C26H15BrO. The predicted molar refractivity (Wildman–Crippen MR) is 122 cm³/mol. The lowest BCUT2D eigenvalue weighted by molar-refractivity contribution is 0.674. The average molecular weight is 423 g/mol. The molecule has 0 unspecified atom stereocenters. The van der Waals surface area contributed by atoms with Crippen LogP contribution in [0.1, 0.15) is 0 Å². The largest absolute Gasteiger partial charge is 0.455 e. The Kier molecular flexibility index (Phi) is 3.38. The molecule has 6 rings (SSSR count). The highest BCUT2D eigenvalue weighted by Crippen LogP contribution is 2.41. The lowest BCUT2D eigenvalue weighted by Crippen LogP contribution is -1.83. The van der Waals surface area contributed by atoms with Gasteiger partial charge in [-0.25, -0.2) is 0 Å². The van der Waals surface area contributed by atoms with E-state index in [4.69, 9.17) is 4.42 Å². The molecule has 0 N–H and O–H groups in total. The molecule has 0 saturated carbocycles. The topological polar surface area (TPSA) is 13.1 Å². The first-order valence-corrected chi connectivity index (χ1v) is 10.1. The molecule has 1 heterocycles. The monoisotopic (exact) mass is 422 g/mol. The minimum Gasteiger partial charge on any atom is -0.455 e. The predicted octanol–water partition coefficient (Wildman–Crippen LogP) is 8.32. The van der Waals surface area contributed by atoms with Crippen LogP contribution in [-0.4, -0.2) is 0 Å². The Morgan fingerprint density at radius 3 is 2.07 bits per heavy atom. The van der Waals surface area contributed by atoms with Gasteiger partial charge in [0.1, 0.15) is 11.2 Å². The Bertz CT molecular complexity index is 1520. The van der Waals surface area contributed by atoms with Crippen LogP contribution in [0.25, 0.3) is 54.6 Å². The van der Waals surface area contributed by atoms with Crippen molar-refractivity contribution in [3.63, 3.8) is 0 Å². The fourth-order valence-electron chi connectivity index (χ4n) is 4.24. The van der Waals surface area contributed by atoms with Crippen molar-refractivity contribution in [2.45, 2.75) is 0 Å². The average Bonchev–Trinajstić information content (AvgIpc) is 3.14. The number of benzene rings is 5. The lowest BCUT2D eigenvalue weighted by atomic mass is 9.96. The molecule has 0 bridgehead atoms. The second-order valence-electron chi connectivity index (χ2n) is 7.09. The summed E-state index contributed by atoms with van der Waals surface area (Å²) in [4.78, 5) is 0.